The first-order valence-corrected chi connectivity index (χ1v) is 9.96. The molecule has 0 atom stereocenters. The van der Waals surface area contributed by atoms with E-state index in [0.717, 1.165) is 60.0 Å². The molecule has 134 valence electrons. The second-order valence-corrected chi connectivity index (χ2v) is 7.25. The van der Waals surface area contributed by atoms with Gasteiger partial charge in [0.25, 0.3) is 5.91 Å². The van der Waals surface area contributed by atoms with Crippen molar-refractivity contribution in [3.8, 4) is 0 Å². The van der Waals surface area contributed by atoms with Gasteiger partial charge in [-0.25, -0.2) is 0 Å². The van der Waals surface area contributed by atoms with Crippen molar-refractivity contribution in [1.29, 1.82) is 0 Å². The Morgan fingerprint density at radius 1 is 1.16 bits per heavy atom. The summed E-state index contributed by atoms with van der Waals surface area (Å²) in [5, 5.41) is 0.866. The van der Waals surface area contributed by atoms with E-state index in [-0.39, 0.29) is 5.91 Å². The van der Waals surface area contributed by atoms with E-state index in [1.54, 1.807) is 0 Å². The number of hydrogen-bond donors (Lipinski definition) is 0. The highest BCUT2D eigenvalue weighted by molar-refractivity contribution is 8.18. The number of allylic oxidation sites excluding steroid dienone is 2. The molecule has 1 aliphatic heterocycles. The van der Waals surface area contributed by atoms with Gasteiger partial charge in [-0.05, 0) is 48.7 Å². The lowest BCUT2D eigenvalue weighted by atomic mass is 10.1. The number of unbranched alkanes of at least 4 members (excludes halogenated alkanes) is 2. The average molecular weight is 357 g/mol. The zero-order valence-electron chi connectivity index (χ0n) is 15.5. The second-order valence-electron chi connectivity index (χ2n) is 6.24. The maximum atomic E-state index is 12.8. The lowest BCUT2D eigenvalue weighted by molar-refractivity contribution is -0.122. The maximum Gasteiger partial charge on any atom is 0.266 e. The van der Waals surface area contributed by atoms with Crippen LogP contribution in [0.1, 0.15) is 52.0 Å². The Kier molecular flexibility index (Phi) is 7.99. The predicted molar refractivity (Wildman–Crippen MR) is 110 cm³/mol. The smallest absolute Gasteiger partial charge is 0.266 e. The molecule has 0 N–H and O–H groups in total. The lowest BCUT2D eigenvalue weighted by Gasteiger charge is -2.14. The van der Waals surface area contributed by atoms with Crippen LogP contribution in [-0.4, -0.2) is 29.1 Å². The van der Waals surface area contributed by atoms with E-state index in [9.17, 15) is 4.79 Å². The fourth-order valence-electron chi connectivity index (χ4n) is 2.53. The molecule has 0 aliphatic carbocycles. The first-order chi connectivity index (χ1) is 12.2. The van der Waals surface area contributed by atoms with Crippen LogP contribution < -0.4 is 0 Å². The number of hydrogen-bond acceptors (Lipinski definition) is 3. The van der Waals surface area contributed by atoms with Gasteiger partial charge < -0.3 is 0 Å². The third-order valence-electron chi connectivity index (χ3n) is 3.93. The van der Waals surface area contributed by atoms with Crippen molar-refractivity contribution in [3.63, 3.8) is 0 Å². The van der Waals surface area contributed by atoms with Crippen LogP contribution in [0.5, 0.6) is 0 Å². The molecule has 1 aromatic rings. The molecule has 1 aliphatic rings. The molecule has 2 rings (SSSR count). The van der Waals surface area contributed by atoms with Crippen LogP contribution in [0.3, 0.4) is 0 Å². The Morgan fingerprint density at radius 2 is 1.88 bits per heavy atom. The van der Waals surface area contributed by atoms with Gasteiger partial charge in [0.15, 0.2) is 5.17 Å². The van der Waals surface area contributed by atoms with Gasteiger partial charge in [-0.2, -0.15) is 0 Å². The third kappa shape index (κ3) is 5.89. The van der Waals surface area contributed by atoms with Crippen LogP contribution in [0.15, 0.2) is 51.9 Å². The minimum atomic E-state index is 0.0921. The van der Waals surface area contributed by atoms with Crippen LogP contribution >= 0.6 is 11.8 Å². The highest BCUT2D eigenvalue weighted by atomic mass is 32.2. The Labute approximate surface area is 155 Å². The topological polar surface area (TPSA) is 32.7 Å². The van der Waals surface area contributed by atoms with Gasteiger partial charge in [-0.3, -0.25) is 14.7 Å². The standard InChI is InChI=1S/C21H28N2OS/c1-4-6-13-22-21-23(14-7-5-2)20(24)19(25-21)16-17(3)15-18-11-9-8-10-12-18/h8-12,15-16H,4-7,13-14H2,1-3H3/b17-15+,19-16-,22-21?. The zero-order valence-corrected chi connectivity index (χ0v) is 16.3. The highest BCUT2D eigenvalue weighted by Crippen LogP contribution is 2.32. The highest BCUT2D eigenvalue weighted by Gasteiger charge is 2.32. The number of benzene rings is 1. The van der Waals surface area contributed by atoms with Crippen molar-refractivity contribution < 1.29 is 4.79 Å². The van der Waals surface area contributed by atoms with E-state index < -0.39 is 0 Å². The van der Waals surface area contributed by atoms with Gasteiger partial charge in [0.2, 0.25) is 0 Å². The molecule has 4 heteroatoms. The van der Waals surface area contributed by atoms with Gasteiger partial charge >= 0.3 is 0 Å². The number of carbonyl (C=O) groups is 1. The summed E-state index contributed by atoms with van der Waals surface area (Å²) in [6.07, 6.45) is 8.34. The van der Waals surface area contributed by atoms with E-state index in [0.29, 0.717) is 0 Å². The first-order valence-electron chi connectivity index (χ1n) is 9.15. The molecule has 1 heterocycles. The molecule has 0 aromatic heterocycles. The predicted octanol–water partition coefficient (Wildman–Crippen LogP) is 5.51. The SMILES string of the molecule is CCCCN=C1S/C(=C\C(C)=C\c2ccccc2)C(=O)N1CCCC. The van der Waals surface area contributed by atoms with Crippen molar-refractivity contribution in [1.82, 2.24) is 4.90 Å². The fourth-order valence-corrected chi connectivity index (χ4v) is 3.61. The summed E-state index contributed by atoms with van der Waals surface area (Å²) in [5.74, 6) is 0.0921. The molecule has 25 heavy (non-hydrogen) atoms. The van der Waals surface area contributed by atoms with Gasteiger partial charge in [-0.15, -0.1) is 0 Å². The van der Waals surface area contributed by atoms with Crippen molar-refractivity contribution in [2.24, 2.45) is 4.99 Å². The maximum absolute atomic E-state index is 12.8. The van der Waals surface area contributed by atoms with Crippen LogP contribution in [-0.2, 0) is 4.79 Å². The molecular weight excluding hydrogens is 328 g/mol. The van der Waals surface area contributed by atoms with Crippen LogP contribution in [0.25, 0.3) is 6.08 Å². The van der Waals surface area contributed by atoms with Gasteiger partial charge in [-0.1, -0.05) is 63.1 Å². The first kappa shape index (κ1) is 19.5. The summed E-state index contributed by atoms with van der Waals surface area (Å²) >= 11 is 1.51. The van der Waals surface area contributed by atoms with Crippen molar-refractivity contribution >= 4 is 28.9 Å². The van der Waals surface area contributed by atoms with Gasteiger partial charge in [0, 0.05) is 13.1 Å². The molecule has 3 nitrogen and oxygen atoms in total. The number of thioether (sulfide) groups is 1. The van der Waals surface area contributed by atoms with Crippen molar-refractivity contribution in [2.45, 2.75) is 46.5 Å². The van der Waals surface area contributed by atoms with Gasteiger partial charge in [0.1, 0.15) is 0 Å². The number of amides is 1. The molecule has 0 unspecified atom stereocenters. The van der Waals surface area contributed by atoms with E-state index in [2.05, 4.69) is 37.0 Å². The molecular formula is C21H28N2OS. The number of carbonyl (C=O) groups excluding carboxylic acids is 1. The second kappa shape index (κ2) is 10.2. The molecule has 0 radical (unpaired) electrons. The number of rotatable bonds is 8. The Hall–Kier alpha value is -1.81. The molecule has 0 bridgehead atoms. The van der Waals surface area contributed by atoms with Gasteiger partial charge in [0.05, 0.1) is 4.91 Å². The number of nitrogens with zero attached hydrogens (tertiary/aromatic N) is 2. The van der Waals surface area contributed by atoms with E-state index in [4.69, 9.17) is 0 Å². The summed E-state index contributed by atoms with van der Waals surface area (Å²) < 4.78 is 0. The molecule has 1 fully saturated rings. The minimum absolute atomic E-state index is 0.0921. The van der Waals surface area contributed by atoms with Crippen LogP contribution in [0.4, 0.5) is 0 Å². The van der Waals surface area contributed by atoms with Crippen molar-refractivity contribution in [3.05, 3.63) is 52.4 Å². The summed E-state index contributed by atoms with van der Waals surface area (Å²) in [4.78, 5) is 20.1. The van der Waals surface area contributed by atoms with E-state index >= 15 is 0 Å². The molecule has 0 saturated carbocycles. The molecule has 1 amide bonds. The summed E-state index contributed by atoms with van der Waals surface area (Å²) in [5.41, 5.74) is 2.22. The fraction of sp³-hybridized carbons (Fsp3) is 0.429. The largest absolute Gasteiger partial charge is 0.287 e. The van der Waals surface area contributed by atoms with E-state index in [1.807, 2.05) is 36.1 Å². The zero-order chi connectivity index (χ0) is 18.1. The Morgan fingerprint density at radius 3 is 2.56 bits per heavy atom. The van der Waals surface area contributed by atoms with Crippen LogP contribution in [0, 0.1) is 0 Å². The summed E-state index contributed by atoms with van der Waals surface area (Å²) in [7, 11) is 0. The molecule has 1 aromatic carbocycles. The lowest BCUT2D eigenvalue weighted by Crippen LogP contribution is -2.30. The Bertz CT molecular complexity index is 662. The average Bonchev–Trinajstić information content (AvgIpc) is 2.89. The quantitative estimate of drug-likeness (QED) is 0.455. The summed E-state index contributed by atoms with van der Waals surface area (Å²) in [6.45, 7) is 7.89. The number of amidine groups is 1. The van der Waals surface area contributed by atoms with Crippen molar-refractivity contribution in [2.75, 3.05) is 13.1 Å². The van der Waals surface area contributed by atoms with Crippen LogP contribution in [0.2, 0.25) is 0 Å². The number of aliphatic imine (C=N–C) groups is 1. The minimum Gasteiger partial charge on any atom is -0.287 e. The Balaban J connectivity index is 2.18. The normalized spacial score (nSPS) is 18.6. The third-order valence-corrected chi connectivity index (χ3v) is 4.98. The molecule has 0 spiro atoms. The van der Waals surface area contributed by atoms with E-state index in [1.165, 1.54) is 11.8 Å². The molecule has 1 saturated heterocycles. The monoisotopic (exact) mass is 356 g/mol. The summed E-state index contributed by atoms with van der Waals surface area (Å²) in [6, 6.07) is 10.2.